The van der Waals surface area contributed by atoms with E-state index in [4.69, 9.17) is 4.74 Å². The highest BCUT2D eigenvalue weighted by molar-refractivity contribution is 7.99. The molecule has 1 N–H and O–H groups in total. The second-order valence-electron chi connectivity index (χ2n) is 6.09. The molecule has 0 radical (unpaired) electrons. The molecule has 0 atom stereocenters. The first-order valence-corrected chi connectivity index (χ1v) is 9.41. The summed E-state index contributed by atoms with van der Waals surface area (Å²) in [5.41, 5.74) is 0.714. The van der Waals surface area contributed by atoms with Gasteiger partial charge in [0.15, 0.2) is 0 Å². The van der Waals surface area contributed by atoms with Gasteiger partial charge in [0.2, 0.25) is 0 Å². The third-order valence-electron chi connectivity index (χ3n) is 4.41. The van der Waals surface area contributed by atoms with Crippen LogP contribution in [0.2, 0.25) is 0 Å². The van der Waals surface area contributed by atoms with Crippen molar-refractivity contribution >= 4 is 17.7 Å². The van der Waals surface area contributed by atoms with E-state index < -0.39 is 0 Å². The second kappa shape index (κ2) is 8.66. The summed E-state index contributed by atoms with van der Waals surface area (Å²) in [6.07, 6.45) is 6.84. The van der Waals surface area contributed by atoms with Crippen LogP contribution in [0.3, 0.4) is 0 Å². The summed E-state index contributed by atoms with van der Waals surface area (Å²) in [4.78, 5) is 19.2. The molecule has 0 spiro atoms. The predicted molar refractivity (Wildman–Crippen MR) is 91.9 cm³/mol. The minimum absolute atomic E-state index is 0.00754. The number of ether oxygens (including phenoxy) is 1. The Morgan fingerprint density at radius 2 is 2.13 bits per heavy atom. The summed E-state index contributed by atoms with van der Waals surface area (Å²) in [6, 6.07) is 3.73. The number of aromatic nitrogens is 1. The van der Waals surface area contributed by atoms with Crippen LogP contribution in [0.25, 0.3) is 0 Å². The van der Waals surface area contributed by atoms with Crippen molar-refractivity contribution in [2.24, 2.45) is 0 Å². The summed E-state index contributed by atoms with van der Waals surface area (Å²) >= 11 is 1.77. The lowest BCUT2D eigenvalue weighted by Crippen LogP contribution is -2.41. The summed E-state index contributed by atoms with van der Waals surface area (Å²) in [5.74, 6) is -0.00754. The molecule has 6 heteroatoms. The Morgan fingerprint density at radius 1 is 1.35 bits per heavy atom. The Labute approximate surface area is 142 Å². The Balaban J connectivity index is 1.51. The van der Waals surface area contributed by atoms with E-state index in [2.05, 4.69) is 15.2 Å². The second-order valence-corrected chi connectivity index (χ2v) is 7.38. The van der Waals surface area contributed by atoms with Gasteiger partial charge in [0, 0.05) is 37.6 Å². The SMILES string of the molecule is O=C(NCCN1CCOCC1)c1cccnc1SC1CCCC1. The summed E-state index contributed by atoms with van der Waals surface area (Å²) < 4.78 is 5.34. The van der Waals surface area contributed by atoms with Crippen LogP contribution >= 0.6 is 11.8 Å². The number of thioether (sulfide) groups is 1. The molecule has 0 aromatic carbocycles. The van der Waals surface area contributed by atoms with Crippen molar-refractivity contribution in [3.05, 3.63) is 23.9 Å². The summed E-state index contributed by atoms with van der Waals surface area (Å²) in [7, 11) is 0. The van der Waals surface area contributed by atoms with Crippen molar-refractivity contribution in [3.63, 3.8) is 0 Å². The highest BCUT2D eigenvalue weighted by atomic mass is 32.2. The van der Waals surface area contributed by atoms with Gasteiger partial charge in [-0.1, -0.05) is 12.8 Å². The number of carbonyl (C=O) groups excluding carboxylic acids is 1. The molecule has 1 aliphatic carbocycles. The quantitative estimate of drug-likeness (QED) is 0.863. The number of morpholine rings is 1. The number of amides is 1. The van der Waals surface area contributed by atoms with E-state index in [1.165, 1.54) is 25.7 Å². The van der Waals surface area contributed by atoms with Crippen molar-refractivity contribution in [1.82, 2.24) is 15.2 Å². The Kier molecular flexibility index (Phi) is 6.30. The third-order valence-corrected chi connectivity index (χ3v) is 5.77. The zero-order chi connectivity index (χ0) is 15.9. The maximum atomic E-state index is 12.5. The van der Waals surface area contributed by atoms with Crippen LogP contribution in [0.15, 0.2) is 23.4 Å². The van der Waals surface area contributed by atoms with Crippen LogP contribution in [0.1, 0.15) is 36.0 Å². The van der Waals surface area contributed by atoms with E-state index >= 15 is 0 Å². The van der Waals surface area contributed by atoms with E-state index in [1.807, 2.05) is 12.1 Å². The minimum Gasteiger partial charge on any atom is -0.379 e. The normalized spacial score (nSPS) is 19.8. The van der Waals surface area contributed by atoms with Gasteiger partial charge in [0.25, 0.3) is 5.91 Å². The molecule has 1 aliphatic heterocycles. The van der Waals surface area contributed by atoms with Crippen molar-refractivity contribution in [2.45, 2.75) is 36.0 Å². The van der Waals surface area contributed by atoms with Gasteiger partial charge in [-0.15, -0.1) is 11.8 Å². The van der Waals surface area contributed by atoms with Gasteiger partial charge in [-0.05, 0) is 25.0 Å². The monoisotopic (exact) mass is 335 g/mol. The minimum atomic E-state index is -0.00754. The number of nitrogens with one attached hydrogen (secondary N) is 1. The lowest BCUT2D eigenvalue weighted by molar-refractivity contribution is 0.0383. The molecule has 2 aliphatic rings. The van der Waals surface area contributed by atoms with E-state index in [-0.39, 0.29) is 5.91 Å². The molecule has 0 bridgehead atoms. The molecule has 126 valence electrons. The van der Waals surface area contributed by atoms with Crippen molar-refractivity contribution < 1.29 is 9.53 Å². The number of nitrogens with zero attached hydrogens (tertiary/aromatic N) is 2. The standard InChI is InChI=1S/C17H25N3O2S/c21-16(18-8-9-20-10-12-22-13-11-20)15-6-3-7-19-17(15)23-14-4-1-2-5-14/h3,6-7,14H,1-2,4-5,8-13H2,(H,18,21). The molecular weight excluding hydrogens is 310 g/mol. The Bertz CT molecular complexity index is 514. The molecule has 0 unspecified atom stereocenters. The van der Waals surface area contributed by atoms with Crippen molar-refractivity contribution in [3.8, 4) is 0 Å². The molecule has 3 rings (SSSR count). The predicted octanol–water partition coefficient (Wildman–Crippen LogP) is 2.18. The molecule has 2 heterocycles. The van der Waals surface area contributed by atoms with Crippen molar-refractivity contribution in [2.75, 3.05) is 39.4 Å². The largest absolute Gasteiger partial charge is 0.379 e. The number of carbonyl (C=O) groups is 1. The third kappa shape index (κ3) is 4.93. The van der Waals surface area contributed by atoms with Crippen LogP contribution in [0.5, 0.6) is 0 Å². The molecule has 1 saturated carbocycles. The van der Waals surface area contributed by atoms with Gasteiger partial charge < -0.3 is 10.1 Å². The zero-order valence-corrected chi connectivity index (χ0v) is 14.3. The lowest BCUT2D eigenvalue weighted by Gasteiger charge is -2.26. The average molecular weight is 335 g/mol. The average Bonchev–Trinajstić information content (AvgIpc) is 3.09. The van der Waals surface area contributed by atoms with Crippen LogP contribution < -0.4 is 5.32 Å². The van der Waals surface area contributed by atoms with Gasteiger partial charge in [-0.2, -0.15) is 0 Å². The molecule has 5 nitrogen and oxygen atoms in total. The van der Waals surface area contributed by atoms with E-state index in [0.29, 0.717) is 17.4 Å². The summed E-state index contributed by atoms with van der Waals surface area (Å²) in [6.45, 7) is 5.02. The first-order chi connectivity index (χ1) is 11.3. The van der Waals surface area contributed by atoms with Gasteiger partial charge in [0.1, 0.15) is 5.03 Å². The van der Waals surface area contributed by atoms with Crippen molar-refractivity contribution in [1.29, 1.82) is 0 Å². The van der Waals surface area contributed by atoms with Crippen LogP contribution in [0, 0.1) is 0 Å². The fourth-order valence-corrected chi connectivity index (χ4v) is 4.36. The zero-order valence-electron chi connectivity index (χ0n) is 13.5. The first kappa shape index (κ1) is 16.7. The molecule has 2 fully saturated rings. The Hall–Kier alpha value is -1.11. The summed E-state index contributed by atoms with van der Waals surface area (Å²) in [5, 5.41) is 4.53. The lowest BCUT2D eigenvalue weighted by atomic mass is 10.2. The fraction of sp³-hybridized carbons (Fsp3) is 0.647. The van der Waals surface area contributed by atoms with E-state index in [1.54, 1.807) is 18.0 Å². The maximum Gasteiger partial charge on any atom is 0.254 e. The van der Waals surface area contributed by atoms with Gasteiger partial charge in [-0.25, -0.2) is 4.98 Å². The maximum absolute atomic E-state index is 12.5. The number of pyridine rings is 1. The molecular formula is C17H25N3O2S. The van der Waals surface area contributed by atoms with E-state index in [9.17, 15) is 4.79 Å². The van der Waals surface area contributed by atoms with Crippen LogP contribution in [-0.2, 0) is 4.74 Å². The topological polar surface area (TPSA) is 54.5 Å². The van der Waals surface area contributed by atoms with Crippen LogP contribution in [0.4, 0.5) is 0 Å². The number of hydrogen-bond acceptors (Lipinski definition) is 5. The number of hydrogen-bond donors (Lipinski definition) is 1. The highest BCUT2D eigenvalue weighted by Crippen LogP contribution is 2.35. The van der Waals surface area contributed by atoms with Crippen LogP contribution in [-0.4, -0.2) is 60.4 Å². The molecule has 23 heavy (non-hydrogen) atoms. The van der Waals surface area contributed by atoms with E-state index in [0.717, 1.165) is 37.9 Å². The molecule has 1 saturated heterocycles. The molecule has 1 amide bonds. The molecule has 1 aromatic rings. The Morgan fingerprint density at radius 3 is 2.91 bits per heavy atom. The fourth-order valence-electron chi connectivity index (χ4n) is 3.07. The highest BCUT2D eigenvalue weighted by Gasteiger charge is 2.20. The van der Waals surface area contributed by atoms with Gasteiger partial charge in [-0.3, -0.25) is 9.69 Å². The van der Waals surface area contributed by atoms with Gasteiger partial charge >= 0.3 is 0 Å². The molecule has 1 aromatic heterocycles. The van der Waals surface area contributed by atoms with Gasteiger partial charge in [0.05, 0.1) is 18.8 Å². The smallest absolute Gasteiger partial charge is 0.254 e. The number of rotatable bonds is 6. The first-order valence-electron chi connectivity index (χ1n) is 8.53.